The molecule has 2 amide bonds. The molecule has 0 radical (unpaired) electrons. The first-order chi connectivity index (χ1) is 19.6. The van der Waals surface area contributed by atoms with E-state index in [1.807, 2.05) is 45.2 Å². The molecule has 1 saturated heterocycles. The van der Waals surface area contributed by atoms with Gasteiger partial charge in [-0.15, -0.1) is 0 Å². The van der Waals surface area contributed by atoms with Crippen LogP contribution in [0, 0.1) is 17.8 Å². The van der Waals surface area contributed by atoms with Gasteiger partial charge in [-0.3, -0.25) is 14.6 Å². The molecule has 2 aromatic heterocycles. The highest BCUT2D eigenvalue weighted by Crippen LogP contribution is 2.69. The molecule has 1 aliphatic heterocycles. The number of nitrogens with zero attached hydrogens (tertiary/aromatic N) is 3. The number of hydrogen-bond donors (Lipinski definition) is 3. The Morgan fingerprint density at radius 3 is 2.63 bits per heavy atom. The minimum absolute atomic E-state index is 0.0116. The molecule has 2 aliphatic rings. The lowest BCUT2D eigenvalue weighted by Crippen LogP contribution is -2.43. The quantitative estimate of drug-likeness (QED) is 0.240. The van der Waals surface area contributed by atoms with Crippen LogP contribution in [0.2, 0.25) is 0 Å². The number of likely N-dealkylation sites (tertiary alicyclic amines) is 1. The van der Waals surface area contributed by atoms with Gasteiger partial charge in [0.1, 0.15) is 11.6 Å². The highest BCUT2D eigenvalue weighted by atomic mass is 16.4. The van der Waals surface area contributed by atoms with Gasteiger partial charge in [-0.2, -0.15) is 0 Å². The number of carbonyl (C=O) groups is 3. The van der Waals surface area contributed by atoms with Crippen molar-refractivity contribution in [3.63, 3.8) is 0 Å². The van der Waals surface area contributed by atoms with Gasteiger partial charge in [0, 0.05) is 42.6 Å². The van der Waals surface area contributed by atoms with Crippen molar-refractivity contribution in [3.8, 4) is 11.3 Å². The van der Waals surface area contributed by atoms with E-state index < -0.39 is 11.5 Å². The van der Waals surface area contributed by atoms with E-state index in [4.69, 9.17) is 4.98 Å². The van der Waals surface area contributed by atoms with E-state index in [9.17, 15) is 19.5 Å². The molecule has 1 saturated carbocycles. The Labute approximate surface area is 241 Å². The predicted octanol–water partition coefficient (Wildman–Crippen LogP) is 6.19. The van der Waals surface area contributed by atoms with Crippen LogP contribution in [0.4, 0.5) is 4.79 Å². The number of aryl methyl sites for hydroxylation is 1. The molecule has 2 atom stereocenters. The van der Waals surface area contributed by atoms with Crippen molar-refractivity contribution in [1.82, 2.24) is 25.2 Å². The summed E-state index contributed by atoms with van der Waals surface area (Å²) in [5.74, 6) is 1.02. The first-order valence-electron chi connectivity index (χ1n) is 14.9. The fourth-order valence-electron chi connectivity index (χ4n) is 6.48. The third-order valence-electron chi connectivity index (χ3n) is 9.44. The Bertz CT molecular complexity index is 1440. The van der Waals surface area contributed by atoms with Crippen LogP contribution in [0.5, 0.6) is 0 Å². The smallest absolute Gasteiger partial charge is 0.407 e. The first-order valence-corrected chi connectivity index (χ1v) is 14.9. The number of fused-ring (bicyclic) bond motifs is 1. The van der Waals surface area contributed by atoms with Crippen molar-refractivity contribution in [2.75, 3.05) is 13.1 Å². The number of benzene rings is 1. The van der Waals surface area contributed by atoms with Crippen LogP contribution in [0.15, 0.2) is 36.5 Å². The number of rotatable bonds is 11. The topological polar surface area (TPSA) is 128 Å². The summed E-state index contributed by atoms with van der Waals surface area (Å²) in [6.07, 6.45) is 7.64. The van der Waals surface area contributed by atoms with E-state index in [1.165, 1.54) is 4.90 Å². The number of Topliss-reactive ketones (excluding diaryl/α,β-unsaturated/α-hetero) is 1. The summed E-state index contributed by atoms with van der Waals surface area (Å²) in [6.45, 7) is 6.84. The zero-order chi connectivity index (χ0) is 29.2. The first kappa shape index (κ1) is 28.8. The Morgan fingerprint density at radius 2 is 1.90 bits per heavy atom. The summed E-state index contributed by atoms with van der Waals surface area (Å²) in [4.78, 5) is 51.0. The minimum Gasteiger partial charge on any atom is -0.465 e. The third kappa shape index (κ3) is 5.99. The second-order valence-corrected chi connectivity index (χ2v) is 12.1. The maximum atomic E-state index is 13.7. The number of pyridine rings is 1. The van der Waals surface area contributed by atoms with Gasteiger partial charge in [-0.05, 0) is 62.6 Å². The van der Waals surface area contributed by atoms with Crippen LogP contribution in [0.3, 0.4) is 0 Å². The molecule has 9 heteroatoms. The monoisotopic (exact) mass is 559 g/mol. The zero-order valence-corrected chi connectivity index (χ0v) is 24.3. The third-order valence-corrected chi connectivity index (χ3v) is 9.44. The lowest BCUT2D eigenvalue weighted by atomic mass is 9.84. The van der Waals surface area contributed by atoms with Gasteiger partial charge in [-0.25, -0.2) is 9.78 Å². The van der Waals surface area contributed by atoms with Crippen LogP contribution >= 0.6 is 0 Å². The van der Waals surface area contributed by atoms with Crippen LogP contribution in [-0.4, -0.2) is 55.8 Å². The van der Waals surface area contributed by atoms with Gasteiger partial charge in [0.25, 0.3) is 0 Å². The van der Waals surface area contributed by atoms with Gasteiger partial charge in [0.2, 0.25) is 5.91 Å². The van der Waals surface area contributed by atoms with E-state index >= 15 is 0 Å². The number of imidazole rings is 1. The Kier molecular flexibility index (Phi) is 8.16. The molecule has 3 heterocycles. The molecule has 3 N–H and O–H groups in total. The largest absolute Gasteiger partial charge is 0.465 e. The fourth-order valence-corrected chi connectivity index (χ4v) is 6.48. The van der Waals surface area contributed by atoms with Crippen molar-refractivity contribution in [2.24, 2.45) is 10.8 Å². The lowest BCUT2D eigenvalue weighted by molar-refractivity contribution is -0.128. The van der Waals surface area contributed by atoms with E-state index in [-0.39, 0.29) is 23.1 Å². The lowest BCUT2D eigenvalue weighted by Gasteiger charge is -2.33. The maximum absolute atomic E-state index is 13.7. The van der Waals surface area contributed by atoms with E-state index in [2.05, 4.69) is 27.4 Å². The Morgan fingerprint density at radius 1 is 1.12 bits per heavy atom. The van der Waals surface area contributed by atoms with Crippen molar-refractivity contribution >= 4 is 28.7 Å². The Hall–Kier alpha value is -3.75. The molecule has 1 spiro atoms. The molecule has 41 heavy (non-hydrogen) atoms. The maximum Gasteiger partial charge on any atom is 0.407 e. The van der Waals surface area contributed by atoms with Crippen molar-refractivity contribution < 1.29 is 19.5 Å². The normalized spacial score (nSPS) is 20.2. The molecule has 1 aromatic carbocycles. The number of aromatic nitrogens is 3. The predicted molar refractivity (Wildman–Crippen MR) is 157 cm³/mol. The standard InChI is InChI=1S/C32H41N5O4/c1-4-24(38)8-6-5-7-9-26(36-29(39)31(3)20-32(31)14-16-37(17-15-32)30(40)41)28-33-19-27(35-28)23-12-13-25-22(18-23)11-10-21(2)34-25/h10-13,18-19,26H,4-9,14-17,20H2,1-3H3,(H,33,35)(H,36,39)(H,40,41)/t26-,31?/m0/s1. The average molecular weight is 560 g/mol. The molecule has 0 bridgehead atoms. The minimum atomic E-state index is -0.890. The number of unbranched alkanes of at least 4 members (excludes halogenated alkanes) is 2. The van der Waals surface area contributed by atoms with E-state index in [0.29, 0.717) is 38.8 Å². The molecule has 3 aromatic rings. The van der Waals surface area contributed by atoms with Gasteiger partial charge < -0.3 is 20.3 Å². The molecule has 218 valence electrons. The van der Waals surface area contributed by atoms with Gasteiger partial charge in [0.05, 0.1) is 28.9 Å². The second-order valence-electron chi connectivity index (χ2n) is 12.1. The number of amides is 2. The van der Waals surface area contributed by atoms with Crippen molar-refractivity contribution in [2.45, 2.75) is 84.6 Å². The average Bonchev–Trinajstić information content (AvgIpc) is 3.29. The van der Waals surface area contributed by atoms with E-state index in [0.717, 1.165) is 65.8 Å². The molecular formula is C32H41N5O4. The second kappa shape index (κ2) is 11.6. The van der Waals surface area contributed by atoms with Crippen LogP contribution in [0.25, 0.3) is 22.2 Å². The number of piperidine rings is 1. The number of aromatic amines is 1. The highest BCUT2D eigenvalue weighted by molar-refractivity contribution is 5.87. The number of carbonyl (C=O) groups excluding carboxylic acids is 2. The van der Waals surface area contributed by atoms with Crippen LogP contribution in [-0.2, 0) is 9.59 Å². The van der Waals surface area contributed by atoms with E-state index in [1.54, 1.807) is 0 Å². The summed E-state index contributed by atoms with van der Waals surface area (Å²) in [6, 6.07) is 9.92. The van der Waals surface area contributed by atoms with Crippen molar-refractivity contribution in [1.29, 1.82) is 0 Å². The number of H-pyrrole nitrogens is 1. The summed E-state index contributed by atoms with van der Waals surface area (Å²) in [5, 5.41) is 13.7. The summed E-state index contributed by atoms with van der Waals surface area (Å²) in [7, 11) is 0. The fraction of sp³-hybridized carbons (Fsp3) is 0.531. The number of hydrogen-bond acceptors (Lipinski definition) is 5. The molecular weight excluding hydrogens is 518 g/mol. The highest BCUT2D eigenvalue weighted by Gasteiger charge is 2.68. The molecule has 1 unspecified atom stereocenters. The van der Waals surface area contributed by atoms with Gasteiger partial charge in [-0.1, -0.05) is 38.8 Å². The van der Waals surface area contributed by atoms with Crippen LogP contribution in [0.1, 0.15) is 89.2 Å². The number of carboxylic acid groups (broad SMARTS) is 1. The molecule has 2 fully saturated rings. The Balaban J connectivity index is 1.30. The SMILES string of the molecule is CCC(=O)CCCCC[C@H](NC(=O)C1(C)CC12CCN(C(=O)O)CC2)c1ncc(-c2ccc3nc(C)ccc3c2)[nH]1. The van der Waals surface area contributed by atoms with Crippen molar-refractivity contribution in [3.05, 3.63) is 48.0 Å². The molecule has 1 aliphatic carbocycles. The number of ketones is 1. The molecule has 5 rings (SSSR count). The summed E-state index contributed by atoms with van der Waals surface area (Å²) in [5.41, 5.74) is 3.15. The molecule has 9 nitrogen and oxygen atoms in total. The number of nitrogens with one attached hydrogen (secondary N) is 2. The van der Waals surface area contributed by atoms with Crippen LogP contribution < -0.4 is 5.32 Å². The zero-order valence-electron chi connectivity index (χ0n) is 24.3. The summed E-state index contributed by atoms with van der Waals surface area (Å²) >= 11 is 0. The van der Waals surface area contributed by atoms with Gasteiger partial charge in [0.15, 0.2) is 0 Å². The summed E-state index contributed by atoms with van der Waals surface area (Å²) < 4.78 is 0. The van der Waals surface area contributed by atoms with Gasteiger partial charge >= 0.3 is 6.09 Å².